The normalized spacial score (nSPS) is 18.7. The van der Waals surface area contributed by atoms with E-state index < -0.39 is 0 Å². The molecule has 0 radical (unpaired) electrons. The molecule has 1 fully saturated rings. The Kier molecular flexibility index (Phi) is 6.26. The zero-order chi connectivity index (χ0) is 27.1. The largest absolute Gasteiger partial charge is 0.504 e. The first-order valence-electron chi connectivity index (χ1n) is 12.9. The molecule has 0 unspecified atom stereocenters. The number of likely N-dealkylation sites (tertiary alicyclic amines) is 1. The third-order valence-corrected chi connectivity index (χ3v) is 7.53. The topological polar surface area (TPSA) is 113 Å². The fourth-order valence-electron chi connectivity index (χ4n) is 5.50. The number of nitrogens with zero attached hydrogens (tertiary/aromatic N) is 1. The van der Waals surface area contributed by atoms with E-state index in [9.17, 15) is 14.7 Å². The Morgan fingerprint density at radius 1 is 0.974 bits per heavy atom. The first kappa shape index (κ1) is 24.7. The van der Waals surface area contributed by atoms with Crippen LogP contribution in [0.2, 0.25) is 0 Å². The Morgan fingerprint density at radius 3 is 2.64 bits per heavy atom. The van der Waals surface area contributed by atoms with E-state index >= 15 is 0 Å². The fourth-order valence-corrected chi connectivity index (χ4v) is 5.50. The van der Waals surface area contributed by atoms with Gasteiger partial charge >= 0.3 is 0 Å². The molecule has 0 aliphatic carbocycles. The number of methoxy groups -OCH3 is 2. The molecule has 0 saturated carbocycles. The first-order chi connectivity index (χ1) is 18.9. The van der Waals surface area contributed by atoms with Crippen molar-refractivity contribution in [1.82, 2.24) is 15.2 Å². The van der Waals surface area contributed by atoms with Gasteiger partial charge in [-0.3, -0.25) is 9.59 Å². The molecule has 3 heterocycles. The molecule has 1 saturated heterocycles. The van der Waals surface area contributed by atoms with Crippen molar-refractivity contribution in [1.29, 1.82) is 0 Å². The lowest BCUT2D eigenvalue weighted by Gasteiger charge is -2.21. The van der Waals surface area contributed by atoms with Gasteiger partial charge < -0.3 is 34.5 Å². The number of amides is 2. The first-order valence-corrected chi connectivity index (χ1v) is 12.9. The van der Waals surface area contributed by atoms with Crippen LogP contribution >= 0.6 is 0 Å². The number of hydrogen-bond donors (Lipinski definition) is 3. The summed E-state index contributed by atoms with van der Waals surface area (Å²) in [7, 11) is 3.16. The number of aromatic nitrogens is 1. The molecule has 3 N–H and O–H groups in total. The lowest BCUT2D eigenvalue weighted by Crippen LogP contribution is -2.40. The molecule has 2 amide bonds. The van der Waals surface area contributed by atoms with Gasteiger partial charge in [-0.2, -0.15) is 0 Å². The Bertz CT molecular complexity index is 1580. The molecule has 0 spiro atoms. The summed E-state index contributed by atoms with van der Waals surface area (Å²) < 4.78 is 17.1. The van der Waals surface area contributed by atoms with Crippen molar-refractivity contribution in [3.63, 3.8) is 0 Å². The number of carbonyl (C=O) groups excluding carboxylic acids is 2. The van der Waals surface area contributed by atoms with Crippen molar-refractivity contribution in [3.05, 3.63) is 77.5 Å². The van der Waals surface area contributed by atoms with Crippen molar-refractivity contribution in [2.24, 2.45) is 0 Å². The van der Waals surface area contributed by atoms with Crippen molar-refractivity contribution in [3.8, 4) is 28.7 Å². The van der Waals surface area contributed by atoms with E-state index in [1.165, 1.54) is 0 Å². The van der Waals surface area contributed by atoms with Crippen molar-refractivity contribution in [2.45, 2.75) is 24.8 Å². The van der Waals surface area contributed by atoms with E-state index in [-0.39, 0.29) is 41.7 Å². The average Bonchev–Trinajstić information content (AvgIpc) is 3.57. The number of fused-ring (bicyclic) bond motifs is 7. The van der Waals surface area contributed by atoms with Crippen LogP contribution < -0.4 is 19.5 Å². The third kappa shape index (κ3) is 4.60. The second-order valence-electron chi connectivity index (χ2n) is 9.91. The predicted molar refractivity (Wildman–Crippen MR) is 145 cm³/mol. The number of nitrogens with one attached hydrogen (secondary N) is 2. The molecule has 6 rings (SSSR count). The van der Waals surface area contributed by atoms with Gasteiger partial charge in [0.2, 0.25) is 5.91 Å². The van der Waals surface area contributed by atoms with Gasteiger partial charge in [0.1, 0.15) is 11.4 Å². The Hall–Kier alpha value is -4.66. The van der Waals surface area contributed by atoms with E-state index in [4.69, 9.17) is 14.2 Å². The van der Waals surface area contributed by atoms with Gasteiger partial charge in [0.05, 0.1) is 20.3 Å². The highest BCUT2D eigenvalue weighted by molar-refractivity contribution is 6.00. The maximum atomic E-state index is 13.6. The smallest absolute Gasteiger partial charge is 0.270 e. The summed E-state index contributed by atoms with van der Waals surface area (Å²) in [4.78, 5) is 31.6. The molecule has 9 heteroatoms. The maximum absolute atomic E-state index is 13.6. The van der Waals surface area contributed by atoms with E-state index in [2.05, 4.69) is 10.3 Å². The minimum absolute atomic E-state index is 0.00369. The summed E-state index contributed by atoms with van der Waals surface area (Å²) in [6.07, 6.45) is 0.748. The summed E-state index contributed by atoms with van der Waals surface area (Å²) >= 11 is 0. The number of rotatable bonds is 3. The third-order valence-electron chi connectivity index (χ3n) is 7.53. The van der Waals surface area contributed by atoms with Gasteiger partial charge in [0, 0.05) is 36.3 Å². The van der Waals surface area contributed by atoms with Crippen LogP contribution in [0.4, 0.5) is 0 Å². The van der Waals surface area contributed by atoms with E-state index in [1.54, 1.807) is 43.4 Å². The van der Waals surface area contributed by atoms with E-state index in [1.807, 2.05) is 36.4 Å². The van der Waals surface area contributed by atoms with Gasteiger partial charge in [0.15, 0.2) is 23.0 Å². The SMILES string of the molecule is COc1ccc2cc1Oc1cc(ccc1O)CCC(=O)N[C@@H]1CN(C(=O)c3cc4c(OC)cccc4[nH]3)C[C@@H]21. The van der Waals surface area contributed by atoms with Crippen LogP contribution in [0.25, 0.3) is 10.9 Å². The molecule has 4 aromatic rings. The zero-order valence-electron chi connectivity index (χ0n) is 21.7. The number of hydrogen-bond acceptors (Lipinski definition) is 6. The monoisotopic (exact) mass is 527 g/mol. The Labute approximate surface area is 225 Å². The lowest BCUT2D eigenvalue weighted by molar-refractivity contribution is -0.121. The number of ether oxygens (including phenoxy) is 3. The number of aromatic amines is 1. The van der Waals surface area contributed by atoms with E-state index in [0.29, 0.717) is 42.5 Å². The lowest BCUT2D eigenvalue weighted by atomic mass is 9.93. The minimum Gasteiger partial charge on any atom is -0.504 e. The zero-order valence-corrected chi connectivity index (χ0v) is 21.7. The van der Waals surface area contributed by atoms with Gasteiger partial charge in [-0.05, 0) is 60.0 Å². The van der Waals surface area contributed by atoms with Crippen LogP contribution in [0.15, 0.2) is 60.7 Å². The summed E-state index contributed by atoms with van der Waals surface area (Å²) in [6, 6.07) is 17.8. The molecule has 4 bridgehead atoms. The number of carbonyl (C=O) groups is 2. The molecule has 200 valence electrons. The van der Waals surface area contributed by atoms with Gasteiger partial charge in [-0.25, -0.2) is 0 Å². The average molecular weight is 528 g/mol. The van der Waals surface area contributed by atoms with Gasteiger partial charge in [0.25, 0.3) is 5.91 Å². The molecular weight excluding hydrogens is 498 g/mol. The fraction of sp³-hybridized carbons (Fsp3) is 0.267. The molecule has 3 aromatic carbocycles. The predicted octanol–water partition coefficient (Wildman–Crippen LogP) is 4.35. The standard InChI is InChI=1S/C30H29N3O6/c1-37-25-5-3-4-21-19(25)14-22(31-21)30(36)33-15-20-18-8-10-26(38-2)28(13-18)39-27-12-17(6-9-24(27)34)7-11-29(35)32-23(20)16-33/h3-6,8-10,12-14,20,23,31,34H,7,11,15-16H2,1-2H3,(H,32,35)/t20-,23+/m0/s1. The molecular formula is C30H29N3O6. The highest BCUT2D eigenvalue weighted by atomic mass is 16.5. The highest BCUT2D eigenvalue weighted by Crippen LogP contribution is 2.40. The molecule has 1 aromatic heterocycles. The number of aromatic hydroxyl groups is 1. The molecule has 2 aliphatic rings. The van der Waals surface area contributed by atoms with Crippen LogP contribution in [-0.4, -0.2) is 60.2 Å². The number of aryl methyl sites for hydroxylation is 1. The van der Waals surface area contributed by atoms with Gasteiger partial charge in [-0.15, -0.1) is 0 Å². The second-order valence-corrected chi connectivity index (χ2v) is 9.91. The summed E-state index contributed by atoms with van der Waals surface area (Å²) in [5.74, 6) is 1.50. The van der Waals surface area contributed by atoms with Gasteiger partial charge in [-0.1, -0.05) is 18.2 Å². The number of phenols is 1. The quantitative estimate of drug-likeness (QED) is 0.365. The number of benzene rings is 3. The van der Waals surface area contributed by atoms with Crippen LogP contribution in [0, 0.1) is 0 Å². The van der Waals surface area contributed by atoms with Crippen molar-refractivity contribution >= 4 is 22.7 Å². The number of H-pyrrole nitrogens is 1. The molecule has 2 aliphatic heterocycles. The van der Waals surface area contributed by atoms with E-state index in [0.717, 1.165) is 22.0 Å². The highest BCUT2D eigenvalue weighted by Gasteiger charge is 2.38. The minimum atomic E-state index is -0.293. The molecule has 39 heavy (non-hydrogen) atoms. The van der Waals surface area contributed by atoms with Crippen molar-refractivity contribution in [2.75, 3.05) is 27.3 Å². The van der Waals surface area contributed by atoms with Crippen LogP contribution in [0.1, 0.15) is 34.0 Å². The molecule has 2 atom stereocenters. The number of phenolic OH excluding ortho intramolecular Hbond substituents is 1. The maximum Gasteiger partial charge on any atom is 0.270 e. The van der Waals surface area contributed by atoms with Crippen LogP contribution in [-0.2, 0) is 11.2 Å². The van der Waals surface area contributed by atoms with Crippen LogP contribution in [0.3, 0.4) is 0 Å². The summed E-state index contributed by atoms with van der Waals surface area (Å²) in [5, 5.41) is 14.4. The summed E-state index contributed by atoms with van der Waals surface area (Å²) in [5.41, 5.74) is 3.03. The summed E-state index contributed by atoms with van der Waals surface area (Å²) in [6.45, 7) is 0.763. The molecule has 9 nitrogen and oxygen atoms in total. The Morgan fingerprint density at radius 2 is 1.82 bits per heavy atom. The van der Waals surface area contributed by atoms with Crippen molar-refractivity contribution < 1.29 is 28.9 Å². The Balaban J connectivity index is 1.36. The van der Waals surface area contributed by atoms with Crippen LogP contribution in [0.5, 0.6) is 28.7 Å². The second kappa shape index (κ2) is 9.90.